The molecule has 3 nitrogen and oxygen atoms in total. The van der Waals surface area contributed by atoms with Gasteiger partial charge in [-0.25, -0.2) is 15.0 Å². The zero-order valence-corrected chi connectivity index (χ0v) is 12.2. The first-order valence-corrected chi connectivity index (χ1v) is 7.21. The zero-order valence-electron chi connectivity index (χ0n) is 10.7. The molecule has 2 aromatic heterocycles. The van der Waals surface area contributed by atoms with E-state index in [0.717, 1.165) is 40.8 Å². The van der Waals surface area contributed by atoms with E-state index in [-0.39, 0.29) is 0 Å². The first kappa shape index (κ1) is 13.1. The molecule has 0 amide bonds. The van der Waals surface area contributed by atoms with Crippen molar-refractivity contribution in [2.75, 3.05) is 0 Å². The topological polar surface area (TPSA) is 38.7 Å². The molecule has 0 fully saturated rings. The van der Waals surface area contributed by atoms with E-state index >= 15 is 0 Å². The van der Waals surface area contributed by atoms with Crippen LogP contribution in [0.3, 0.4) is 0 Å². The molecule has 0 aliphatic heterocycles. The third kappa shape index (κ3) is 2.93. The molecule has 0 bridgehead atoms. The summed E-state index contributed by atoms with van der Waals surface area (Å²) in [6.07, 6.45) is 3.95. The number of aryl methyl sites for hydroxylation is 2. The number of hydrogen-bond acceptors (Lipinski definition) is 3. The smallest absolute Gasteiger partial charge is 0.178 e. The van der Waals surface area contributed by atoms with Gasteiger partial charge in [-0.1, -0.05) is 35.3 Å². The Morgan fingerprint density at radius 1 is 1.22 bits per heavy atom. The van der Waals surface area contributed by atoms with Gasteiger partial charge in [0.25, 0.3) is 0 Å². The number of rotatable bonds is 4. The van der Waals surface area contributed by atoms with Crippen molar-refractivity contribution in [1.29, 1.82) is 0 Å². The highest BCUT2D eigenvalue weighted by Crippen LogP contribution is 2.17. The maximum atomic E-state index is 4.64. The molecule has 2 aromatic rings. The lowest BCUT2D eigenvalue weighted by atomic mass is 10.1. The van der Waals surface area contributed by atoms with Crippen LogP contribution in [0.25, 0.3) is 11.5 Å². The average molecular weight is 306 g/mol. The highest BCUT2D eigenvalue weighted by Gasteiger charge is 2.08. The highest BCUT2D eigenvalue weighted by atomic mass is 79.9. The van der Waals surface area contributed by atoms with Gasteiger partial charge in [-0.15, -0.1) is 0 Å². The van der Waals surface area contributed by atoms with Crippen molar-refractivity contribution >= 4 is 15.9 Å². The summed E-state index contributed by atoms with van der Waals surface area (Å²) in [7, 11) is 0. The fourth-order valence-corrected chi connectivity index (χ4v) is 2.27. The molecule has 0 saturated heterocycles. The van der Waals surface area contributed by atoms with Crippen molar-refractivity contribution in [2.45, 2.75) is 32.0 Å². The molecule has 2 rings (SSSR count). The van der Waals surface area contributed by atoms with Crippen LogP contribution in [-0.4, -0.2) is 15.0 Å². The number of hydrogen-bond donors (Lipinski definition) is 0. The highest BCUT2D eigenvalue weighted by molar-refractivity contribution is 9.08. The van der Waals surface area contributed by atoms with Crippen LogP contribution in [0.2, 0.25) is 0 Å². The van der Waals surface area contributed by atoms with Crippen molar-refractivity contribution in [2.24, 2.45) is 0 Å². The van der Waals surface area contributed by atoms with Crippen molar-refractivity contribution in [3.05, 3.63) is 41.3 Å². The SMILES string of the molecule is CCCc1nc(-c2cccc(C)n2)ncc1CBr. The predicted octanol–water partition coefficient (Wildman–Crippen LogP) is 3.69. The number of halogens is 1. The monoisotopic (exact) mass is 305 g/mol. The lowest BCUT2D eigenvalue weighted by Gasteiger charge is -2.07. The predicted molar refractivity (Wildman–Crippen MR) is 76.6 cm³/mol. The average Bonchev–Trinajstić information content (AvgIpc) is 2.39. The largest absolute Gasteiger partial charge is 0.250 e. The molecule has 4 heteroatoms. The van der Waals surface area contributed by atoms with Crippen molar-refractivity contribution < 1.29 is 0 Å². The first-order chi connectivity index (χ1) is 8.74. The number of aromatic nitrogens is 3. The molecule has 94 valence electrons. The quantitative estimate of drug-likeness (QED) is 0.809. The molecule has 0 aliphatic carbocycles. The Bertz CT molecular complexity index is 540. The van der Waals surface area contributed by atoms with Crippen LogP contribution in [-0.2, 0) is 11.8 Å². The molecule has 0 N–H and O–H groups in total. The maximum absolute atomic E-state index is 4.64. The maximum Gasteiger partial charge on any atom is 0.178 e. The van der Waals surface area contributed by atoms with Crippen LogP contribution in [0.1, 0.15) is 30.3 Å². The molecule has 0 aromatic carbocycles. The summed E-state index contributed by atoms with van der Waals surface area (Å²) in [5, 5.41) is 0.795. The van der Waals surface area contributed by atoms with E-state index in [1.807, 2.05) is 31.3 Å². The Morgan fingerprint density at radius 2 is 2.06 bits per heavy atom. The van der Waals surface area contributed by atoms with Gasteiger partial charge in [0.05, 0.1) is 0 Å². The van der Waals surface area contributed by atoms with Crippen molar-refractivity contribution in [3.63, 3.8) is 0 Å². The Labute approximate surface area is 116 Å². The standard InChI is InChI=1S/C14H16BrN3/c1-3-5-12-11(8-15)9-16-14(18-12)13-7-4-6-10(2)17-13/h4,6-7,9H,3,5,8H2,1-2H3. The van der Waals surface area contributed by atoms with Gasteiger partial charge in [0.15, 0.2) is 5.82 Å². The molecule has 0 atom stereocenters. The summed E-state index contributed by atoms with van der Waals surface area (Å²) in [5.41, 5.74) is 4.10. The van der Waals surface area contributed by atoms with Crippen LogP contribution >= 0.6 is 15.9 Å². The van der Waals surface area contributed by atoms with Gasteiger partial charge < -0.3 is 0 Å². The van der Waals surface area contributed by atoms with E-state index < -0.39 is 0 Å². The van der Waals surface area contributed by atoms with E-state index in [1.165, 1.54) is 0 Å². The fraction of sp³-hybridized carbons (Fsp3) is 0.357. The van der Waals surface area contributed by atoms with Crippen LogP contribution in [0.4, 0.5) is 0 Å². The van der Waals surface area contributed by atoms with E-state index in [9.17, 15) is 0 Å². The molecule has 0 unspecified atom stereocenters. The Morgan fingerprint density at radius 3 is 2.72 bits per heavy atom. The normalized spacial score (nSPS) is 10.6. The molecule has 2 heterocycles. The molecule has 18 heavy (non-hydrogen) atoms. The number of alkyl halides is 1. The second-order valence-electron chi connectivity index (χ2n) is 4.21. The summed E-state index contributed by atoms with van der Waals surface area (Å²) >= 11 is 3.48. The van der Waals surface area contributed by atoms with Crippen LogP contribution in [0.15, 0.2) is 24.4 Å². The third-order valence-corrected chi connectivity index (χ3v) is 3.31. The lowest BCUT2D eigenvalue weighted by molar-refractivity contribution is 0.859. The first-order valence-electron chi connectivity index (χ1n) is 6.09. The van der Waals surface area contributed by atoms with Gasteiger partial charge in [0.1, 0.15) is 5.69 Å². The Hall–Kier alpha value is -1.29. The molecule has 0 spiro atoms. The Balaban J connectivity index is 2.43. The second-order valence-corrected chi connectivity index (χ2v) is 4.77. The molecule has 0 aliphatic rings. The molecule has 0 saturated carbocycles. The fourth-order valence-electron chi connectivity index (χ4n) is 1.80. The van der Waals surface area contributed by atoms with Crippen LogP contribution < -0.4 is 0 Å². The van der Waals surface area contributed by atoms with E-state index in [1.54, 1.807) is 0 Å². The molecular weight excluding hydrogens is 290 g/mol. The van der Waals surface area contributed by atoms with Gasteiger partial charge in [-0.3, -0.25) is 0 Å². The van der Waals surface area contributed by atoms with E-state index in [4.69, 9.17) is 0 Å². The Kier molecular flexibility index (Phi) is 4.42. The van der Waals surface area contributed by atoms with Gasteiger partial charge in [0, 0.05) is 28.5 Å². The van der Waals surface area contributed by atoms with Gasteiger partial charge in [-0.2, -0.15) is 0 Å². The number of nitrogens with zero attached hydrogens (tertiary/aromatic N) is 3. The van der Waals surface area contributed by atoms with E-state index in [0.29, 0.717) is 5.82 Å². The van der Waals surface area contributed by atoms with Crippen molar-refractivity contribution in [3.8, 4) is 11.5 Å². The summed E-state index contributed by atoms with van der Waals surface area (Å²) in [6, 6.07) is 5.91. The van der Waals surface area contributed by atoms with Gasteiger partial charge >= 0.3 is 0 Å². The summed E-state index contributed by atoms with van der Waals surface area (Å²) < 4.78 is 0. The van der Waals surface area contributed by atoms with Gasteiger partial charge in [0.2, 0.25) is 0 Å². The minimum absolute atomic E-state index is 0.715. The molecular formula is C14H16BrN3. The van der Waals surface area contributed by atoms with Crippen LogP contribution in [0, 0.1) is 6.92 Å². The van der Waals surface area contributed by atoms with Crippen LogP contribution in [0.5, 0.6) is 0 Å². The third-order valence-electron chi connectivity index (χ3n) is 2.70. The minimum atomic E-state index is 0.715. The number of pyridine rings is 1. The molecule has 0 radical (unpaired) electrons. The second kappa shape index (κ2) is 6.05. The zero-order chi connectivity index (χ0) is 13.0. The van der Waals surface area contributed by atoms with E-state index in [2.05, 4.69) is 37.8 Å². The summed E-state index contributed by atoms with van der Waals surface area (Å²) in [4.78, 5) is 13.5. The lowest BCUT2D eigenvalue weighted by Crippen LogP contribution is -2.01. The van der Waals surface area contributed by atoms with Gasteiger partial charge in [-0.05, 0) is 25.5 Å². The minimum Gasteiger partial charge on any atom is -0.250 e. The van der Waals surface area contributed by atoms with Crippen molar-refractivity contribution in [1.82, 2.24) is 15.0 Å². The summed E-state index contributed by atoms with van der Waals surface area (Å²) in [5.74, 6) is 0.715. The summed E-state index contributed by atoms with van der Waals surface area (Å²) in [6.45, 7) is 4.13.